The van der Waals surface area contributed by atoms with Gasteiger partial charge in [0, 0.05) is 56.1 Å². The lowest BCUT2D eigenvalue weighted by Gasteiger charge is -2.36. The summed E-state index contributed by atoms with van der Waals surface area (Å²) in [6.45, 7) is 0.402. The number of carbonyl (C=O) groups excluding carboxylic acids is 1. The number of hydrogen-bond donors (Lipinski definition) is 2. The van der Waals surface area contributed by atoms with Gasteiger partial charge in [-0.2, -0.15) is 0 Å². The molecule has 0 radical (unpaired) electrons. The summed E-state index contributed by atoms with van der Waals surface area (Å²) in [6.07, 6.45) is 6.91. The van der Waals surface area contributed by atoms with Crippen molar-refractivity contribution in [2.75, 3.05) is 5.75 Å². The number of amides is 1. The average molecular weight is 607 g/mol. The SMILES string of the molecule is Cn1ccnc1SC[C@@H]1C[C@H](c2ccc(CO)cc2)O[C@H](c2ccc(-c3ccccc3CNC(=O)c3cccnc3)cc2)O1. The minimum absolute atomic E-state index is 0.00677. The van der Waals surface area contributed by atoms with Gasteiger partial charge in [-0.25, -0.2) is 4.98 Å². The Labute approximate surface area is 261 Å². The van der Waals surface area contributed by atoms with Crippen LogP contribution in [0.3, 0.4) is 0 Å². The van der Waals surface area contributed by atoms with Crippen molar-refractivity contribution in [2.24, 2.45) is 7.05 Å². The topological polar surface area (TPSA) is 98.5 Å². The standard InChI is InChI=1S/C35H34N4O4S/c1-39-18-17-37-35(39)44-23-30-19-32(26-10-8-24(22-40)9-11-26)43-34(42-30)27-14-12-25(13-15-27)31-7-3-2-5-28(31)21-38-33(41)29-6-4-16-36-20-29/h2-18,20,30,32,34,40H,19,21-23H2,1H3,(H,38,41)/t30-,32+,34+/m0/s1. The van der Waals surface area contributed by atoms with E-state index in [1.165, 1.54) is 0 Å². The van der Waals surface area contributed by atoms with E-state index in [-0.39, 0.29) is 24.7 Å². The predicted molar refractivity (Wildman–Crippen MR) is 170 cm³/mol. The summed E-state index contributed by atoms with van der Waals surface area (Å²) in [5.41, 5.74) is 6.48. The summed E-state index contributed by atoms with van der Waals surface area (Å²) in [5, 5.41) is 13.4. The molecular formula is C35H34N4O4S. The molecule has 8 nitrogen and oxygen atoms in total. The van der Waals surface area contributed by atoms with E-state index in [0.29, 0.717) is 18.5 Å². The number of aliphatic hydroxyl groups is 1. The zero-order valence-corrected chi connectivity index (χ0v) is 25.2. The van der Waals surface area contributed by atoms with Gasteiger partial charge >= 0.3 is 0 Å². The van der Waals surface area contributed by atoms with Gasteiger partial charge in [-0.3, -0.25) is 9.78 Å². The second kappa shape index (κ2) is 14.0. The fourth-order valence-electron chi connectivity index (χ4n) is 5.23. The fourth-order valence-corrected chi connectivity index (χ4v) is 6.18. The molecule has 1 aliphatic heterocycles. The summed E-state index contributed by atoms with van der Waals surface area (Å²) in [4.78, 5) is 21.1. The highest BCUT2D eigenvalue weighted by molar-refractivity contribution is 7.99. The zero-order chi connectivity index (χ0) is 30.3. The maximum atomic E-state index is 12.6. The highest BCUT2D eigenvalue weighted by Crippen LogP contribution is 2.40. The van der Waals surface area contributed by atoms with E-state index in [1.807, 2.05) is 72.4 Å². The Balaban J connectivity index is 1.19. The predicted octanol–water partition coefficient (Wildman–Crippen LogP) is 6.24. The number of ether oxygens (including phenoxy) is 2. The summed E-state index contributed by atoms with van der Waals surface area (Å²) in [5.74, 6) is 0.581. The molecule has 2 aromatic heterocycles. The lowest BCUT2D eigenvalue weighted by molar-refractivity contribution is -0.245. The molecule has 1 amide bonds. The molecule has 9 heteroatoms. The number of rotatable bonds is 10. The molecule has 5 aromatic rings. The number of pyridine rings is 1. The van der Waals surface area contributed by atoms with Gasteiger partial charge in [-0.15, -0.1) is 0 Å². The third-order valence-corrected chi connectivity index (χ3v) is 8.85. The van der Waals surface area contributed by atoms with Crippen molar-refractivity contribution in [3.05, 3.63) is 138 Å². The molecule has 0 spiro atoms. The zero-order valence-electron chi connectivity index (χ0n) is 24.4. The number of benzene rings is 3. The Morgan fingerprint density at radius 1 is 0.977 bits per heavy atom. The third kappa shape index (κ3) is 7.09. The number of carbonyl (C=O) groups is 1. The Hall–Kier alpha value is -4.28. The molecule has 44 heavy (non-hydrogen) atoms. The Morgan fingerprint density at radius 2 is 1.77 bits per heavy atom. The van der Waals surface area contributed by atoms with Gasteiger partial charge in [0.2, 0.25) is 0 Å². The van der Waals surface area contributed by atoms with E-state index in [1.54, 1.807) is 42.5 Å². The number of nitrogens with zero attached hydrogens (tertiary/aromatic N) is 3. The van der Waals surface area contributed by atoms with Crippen LogP contribution in [0.25, 0.3) is 11.1 Å². The van der Waals surface area contributed by atoms with Crippen molar-refractivity contribution in [2.45, 2.75) is 43.2 Å². The molecule has 6 rings (SSSR count). The van der Waals surface area contributed by atoms with Crippen LogP contribution < -0.4 is 5.32 Å². The van der Waals surface area contributed by atoms with Gasteiger partial charge in [0.1, 0.15) is 0 Å². The van der Waals surface area contributed by atoms with Gasteiger partial charge in [0.25, 0.3) is 5.91 Å². The normalized spacial score (nSPS) is 18.2. The van der Waals surface area contributed by atoms with Crippen LogP contribution in [0.5, 0.6) is 0 Å². The summed E-state index contributed by atoms with van der Waals surface area (Å²) in [7, 11) is 1.99. The Morgan fingerprint density at radius 3 is 2.50 bits per heavy atom. The van der Waals surface area contributed by atoms with Crippen molar-refractivity contribution < 1.29 is 19.4 Å². The minimum Gasteiger partial charge on any atom is -0.392 e. The summed E-state index contributed by atoms with van der Waals surface area (Å²) < 4.78 is 15.1. The van der Waals surface area contributed by atoms with Crippen LogP contribution in [0.15, 0.2) is 115 Å². The van der Waals surface area contributed by atoms with Gasteiger partial charge in [-0.05, 0) is 39.9 Å². The van der Waals surface area contributed by atoms with E-state index >= 15 is 0 Å². The first kappa shape index (κ1) is 29.8. The van der Waals surface area contributed by atoms with Gasteiger partial charge in [-0.1, -0.05) is 84.6 Å². The molecule has 2 N–H and O–H groups in total. The van der Waals surface area contributed by atoms with Crippen molar-refractivity contribution in [3.63, 3.8) is 0 Å². The second-order valence-electron chi connectivity index (χ2n) is 10.7. The molecule has 3 aromatic carbocycles. The van der Waals surface area contributed by atoms with Gasteiger partial charge in [0.15, 0.2) is 11.4 Å². The van der Waals surface area contributed by atoms with Crippen LogP contribution in [0.1, 0.15) is 51.4 Å². The lowest BCUT2D eigenvalue weighted by atomic mass is 9.97. The first-order chi connectivity index (χ1) is 21.6. The number of thioether (sulfide) groups is 1. The van der Waals surface area contributed by atoms with Crippen LogP contribution in [0, 0.1) is 0 Å². The molecule has 0 bridgehead atoms. The molecule has 0 unspecified atom stereocenters. The molecule has 224 valence electrons. The monoisotopic (exact) mass is 606 g/mol. The van der Waals surface area contributed by atoms with E-state index in [9.17, 15) is 9.90 Å². The molecule has 0 aliphatic carbocycles. The number of nitrogens with one attached hydrogen (secondary N) is 1. The number of aromatic nitrogens is 3. The minimum atomic E-state index is -0.540. The molecule has 1 aliphatic rings. The molecule has 3 heterocycles. The van der Waals surface area contributed by atoms with Crippen molar-refractivity contribution >= 4 is 17.7 Å². The molecular weight excluding hydrogens is 572 g/mol. The van der Waals surface area contributed by atoms with Crippen molar-refractivity contribution in [3.8, 4) is 11.1 Å². The quantitative estimate of drug-likeness (QED) is 0.182. The molecule has 1 fully saturated rings. The number of aliphatic hydroxyl groups excluding tert-OH is 1. The van der Waals surface area contributed by atoms with Crippen molar-refractivity contribution in [1.29, 1.82) is 0 Å². The number of imidazole rings is 1. The lowest BCUT2D eigenvalue weighted by Crippen LogP contribution is -2.31. The van der Waals surface area contributed by atoms with E-state index in [2.05, 4.69) is 33.5 Å². The first-order valence-electron chi connectivity index (χ1n) is 14.5. The third-order valence-electron chi connectivity index (χ3n) is 7.66. The van der Waals surface area contributed by atoms with E-state index in [4.69, 9.17) is 9.47 Å². The fraction of sp³-hybridized carbons (Fsp3) is 0.229. The van der Waals surface area contributed by atoms with Crippen LogP contribution in [-0.2, 0) is 29.7 Å². The maximum absolute atomic E-state index is 12.6. The average Bonchev–Trinajstić information content (AvgIpc) is 3.51. The molecule has 1 saturated heterocycles. The van der Waals surface area contributed by atoms with Gasteiger partial charge in [0.05, 0.1) is 24.4 Å². The van der Waals surface area contributed by atoms with Crippen molar-refractivity contribution in [1.82, 2.24) is 19.9 Å². The highest BCUT2D eigenvalue weighted by atomic mass is 32.2. The Kier molecular flexibility index (Phi) is 9.48. The molecule has 3 atom stereocenters. The maximum Gasteiger partial charge on any atom is 0.253 e. The van der Waals surface area contributed by atoms with Crippen LogP contribution in [-0.4, -0.2) is 37.4 Å². The molecule has 0 saturated carbocycles. The highest BCUT2D eigenvalue weighted by Gasteiger charge is 2.32. The smallest absolute Gasteiger partial charge is 0.253 e. The Bertz CT molecular complexity index is 1680. The van der Waals surface area contributed by atoms with E-state index in [0.717, 1.165) is 44.3 Å². The second-order valence-corrected chi connectivity index (χ2v) is 11.7. The van der Waals surface area contributed by atoms with E-state index < -0.39 is 6.29 Å². The number of hydrogen-bond acceptors (Lipinski definition) is 7. The van der Waals surface area contributed by atoms with Crippen LogP contribution >= 0.6 is 11.8 Å². The van der Waals surface area contributed by atoms with Crippen LogP contribution in [0.4, 0.5) is 0 Å². The van der Waals surface area contributed by atoms with Crippen LogP contribution in [0.2, 0.25) is 0 Å². The van der Waals surface area contributed by atoms with Gasteiger partial charge < -0.3 is 24.5 Å². The summed E-state index contributed by atoms with van der Waals surface area (Å²) >= 11 is 1.67. The summed E-state index contributed by atoms with van der Waals surface area (Å²) in [6, 6.07) is 27.7. The number of aryl methyl sites for hydroxylation is 1. The largest absolute Gasteiger partial charge is 0.392 e. The first-order valence-corrected chi connectivity index (χ1v) is 15.5.